The highest BCUT2D eigenvalue weighted by molar-refractivity contribution is 6.23. The van der Waals surface area contributed by atoms with E-state index in [1.165, 1.54) is 0 Å². The summed E-state index contributed by atoms with van der Waals surface area (Å²) in [5, 5.41) is 9.56. The topological polar surface area (TPSA) is 133 Å². The van der Waals surface area contributed by atoms with Gasteiger partial charge in [-0.15, -0.1) is 10.2 Å². The van der Waals surface area contributed by atoms with Gasteiger partial charge in [0.1, 0.15) is 5.82 Å². The van der Waals surface area contributed by atoms with E-state index < -0.39 is 17.4 Å². The molecule has 118 valence electrons. The highest BCUT2D eigenvalue weighted by atomic mass is 16.4. The second kappa shape index (κ2) is 4.88. The molecule has 1 aromatic carbocycles. The van der Waals surface area contributed by atoms with E-state index in [1.54, 1.807) is 24.3 Å². The van der Waals surface area contributed by atoms with Gasteiger partial charge in [-0.2, -0.15) is 0 Å². The average molecular weight is 323 g/mol. The molecule has 9 heteroatoms. The molecule has 2 amide bonds. The van der Waals surface area contributed by atoms with Crippen LogP contribution in [0, 0.1) is 0 Å². The Balaban J connectivity index is 2.04. The first-order valence-corrected chi connectivity index (χ1v) is 6.85. The van der Waals surface area contributed by atoms with Crippen molar-refractivity contribution in [2.24, 2.45) is 0 Å². The van der Waals surface area contributed by atoms with Crippen LogP contribution in [0.25, 0.3) is 17.1 Å². The molecule has 0 bridgehead atoms. The number of fused-ring (bicyclic) bond motifs is 1. The van der Waals surface area contributed by atoms with Crippen molar-refractivity contribution in [3.8, 4) is 17.1 Å². The molecule has 1 aliphatic rings. The molecule has 3 N–H and O–H groups in total. The van der Waals surface area contributed by atoms with Crippen LogP contribution in [0.1, 0.15) is 20.7 Å². The molecule has 0 atom stereocenters. The quantitative estimate of drug-likeness (QED) is 0.650. The van der Waals surface area contributed by atoms with Crippen molar-refractivity contribution in [2.45, 2.75) is 0 Å². The van der Waals surface area contributed by atoms with Crippen molar-refractivity contribution >= 4 is 17.6 Å². The zero-order valence-electron chi connectivity index (χ0n) is 12.0. The number of hydrogen-bond donors (Lipinski definition) is 2. The summed E-state index contributed by atoms with van der Waals surface area (Å²) in [6.07, 6.45) is 1.16. The number of aromatic nitrogens is 3. The van der Waals surface area contributed by atoms with Crippen molar-refractivity contribution in [1.29, 1.82) is 0 Å². The normalized spacial score (nSPS) is 13.0. The number of benzene rings is 1. The Morgan fingerprint density at radius 1 is 1.08 bits per heavy atom. The van der Waals surface area contributed by atoms with E-state index in [1.807, 2.05) is 0 Å². The number of para-hydroxylation sites is 1. The Hall–Kier alpha value is -3.75. The second-order valence-electron chi connectivity index (χ2n) is 5.04. The van der Waals surface area contributed by atoms with Gasteiger partial charge in [-0.05, 0) is 12.1 Å². The number of anilines is 1. The van der Waals surface area contributed by atoms with Gasteiger partial charge in [-0.1, -0.05) is 12.1 Å². The zero-order chi connectivity index (χ0) is 16.8. The van der Waals surface area contributed by atoms with E-state index in [0.717, 1.165) is 17.0 Å². The summed E-state index contributed by atoms with van der Waals surface area (Å²) in [5.74, 6) is -1.22. The summed E-state index contributed by atoms with van der Waals surface area (Å²) in [6.45, 7) is 0. The third-order valence-electron chi connectivity index (χ3n) is 3.69. The second-order valence-corrected chi connectivity index (χ2v) is 5.04. The smallest absolute Gasteiger partial charge is 0.262 e. The lowest BCUT2D eigenvalue weighted by Crippen LogP contribution is -2.24. The molecule has 0 saturated carbocycles. The van der Waals surface area contributed by atoms with Crippen LogP contribution in [0.15, 0.2) is 45.9 Å². The van der Waals surface area contributed by atoms with E-state index in [-0.39, 0.29) is 22.8 Å². The van der Waals surface area contributed by atoms with Gasteiger partial charge in [0.15, 0.2) is 0 Å². The Labute approximate surface area is 133 Å². The summed E-state index contributed by atoms with van der Waals surface area (Å²) in [7, 11) is 0. The van der Waals surface area contributed by atoms with Crippen molar-refractivity contribution in [3.05, 3.63) is 58.2 Å². The fourth-order valence-corrected chi connectivity index (χ4v) is 2.67. The number of nitrogens with one attached hydrogen (secondary N) is 1. The number of amides is 2. The standard InChI is InChI=1S/C15H9N5O4/c16-12-11-8(13(22)18-14(11)23)5-10(21)20(12)9-4-2-1-3-7(9)15-19-17-6-24-15/h1-6H,16H2,(H,18,22,23). The SMILES string of the molecule is Nc1c2c(cc(=O)n1-c1ccccc1-c1nnco1)C(=O)NC2=O. The maximum atomic E-state index is 12.5. The van der Waals surface area contributed by atoms with Gasteiger partial charge in [0.2, 0.25) is 12.3 Å². The maximum absolute atomic E-state index is 12.5. The van der Waals surface area contributed by atoms with Crippen LogP contribution in [-0.4, -0.2) is 26.6 Å². The average Bonchev–Trinajstić information content (AvgIpc) is 3.17. The Kier molecular flexibility index (Phi) is 2.82. The van der Waals surface area contributed by atoms with Crippen molar-refractivity contribution in [1.82, 2.24) is 20.1 Å². The largest absolute Gasteiger partial charge is 0.423 e. The maximum Gasteiger partial charge on any atom is 0.262 e. The summed E-state index contributed by atoms with van der Waals surface area (Å²) in [4.78, 5) is 36.1. The number of hydrogen-bond acceptors (Lipinski definition) is 7. The van der Waals surface area contributed by atoms with Gasteiger partial charge >= 0.3 is 0 Å². The Bertz CT molecular complexity index is 1050. The number of nitrogen functional groups attached to an aromatic ring is 1. The van der Waals surface area contributed by atoms with E-state index in [4.69, 9.17) is 10.2 Å². The summed E-state index contributed by atoms with van der Waals surface area (Å²) in [5.41, 5.74) is 6.24. The minimum absolute atomic E-state index is 0.0278. The van der Waals surface area contributed by atoms with E-state index in [0.29, 0.717) is 11.3 Å². The lowest BCUT2D eigenvalue weighted by atomic mass is 10.1. The first-order valence-electron chi connectivity index (χ1n) is 6.85. The first-order chi connectivity index (χ1) is 11.6. The minimum Gasteiger partial charge on any atom is -0.423 e. The van der Waals surface area contributed by atoms with Crippen molar-refractivity contribution in [2.75, 3.05) is 5.73 Å². The Morgan fingerprint density at radius 3 is 2.62 bits per heavy atom. The van der Waals surface area contributed by atoms with Gasteiger partial charge in [0, 0.05) is 6.07 Å². The predicted octanol–water partition coefficient (Wildman–Crippen LogP) is 0.353. The number of nitrogens with two attached hydrogens (primary N) is 1. The van der Waals surface area contributed by atoms with Gasteiger partial charge in [-0.3, -0.25) is 24.3 Å². The van der Waals surface area contributed by atoms with Crippen LogP contribution < -0.4 is 16.6 Å². The highest BCUT2D eigenvalue weighted by Crippen LogP contribution is 2.28. The fourth-order valence-electron chi connectivity index (χ4n) is 2.67. The van der Waals surface area contributed by atoms with Crippen LogP contribution in [0.4, 0.5) is 5.82 Å². The lowest BCUT2D eigenvalue weighted by molar-refractivity contribution is 0.0880. The minimum atomic E-state index is -0.642. The van der Waals surface area contributed by atoms with Crippen molar-refractivity contribution < 1.29 is 14.0 Å². The van der Waals surface area contributed by atoms with E-state index >= 15 is 0 Å². The molecule has 24 heavy (non-hydrogen) atoms. The molecule has 1 aliphatic heterocycles. The third kappa shape index (κ3) is 1.85. The molecule has 0 unspecified atom stereocenters. The monoisotopic (exact) mass is 323 g/mol. The molecular weight excluding hydrogens is 314 g/mol. The summed E-state index contributed by atoms with van der Waals surface area (Å²) < 4.78 is 6.32. The number of carbonyl (C=O) groups is 2. The third-order valence-corrected chi connectivity index (χ3v) is 3.69. The van der Waals surface area contributed by atoms with Gasteiger partial charge in [-0.25, -0.2) is 0 Å². The van der Waals surface area contributed by atoms with Crippen LogP contribution in [-0.2, 0) is 0 Å². The van der Waals surface area contributed by atoms with Gasteiger partial charge in [0.05, 0.1) is 22.4 Å². The fraction of sp³-hybridized carbons (Fsp3) is 0. The molecule has 0 aliphatic carbocycles. The molecule has 9 nitrogen and oxygen atoms in total. The summed E-state index contributed by atoms with van der Waals surface area (Å²) >= 11 is 0. The lowest BCUT2D eigenvalue weighted by Gasteiger charge is -2.14. The molecule has 3 aromatic rings. The molecule has 0 spiro atoms. The number of nitrogens with zero attached hydrogens (tertiary/aromatic N) is 3. The number of carbonyl (C=O) groups excluding carboxylic acids is 2. The molecule has 2 aromatic heterocycles. The van der Waals surface area contributed by atoms with Gasteiger partial charge in [0.25, 0.3) is 17.4 Å². The molecule has 0 saturated heterocycles. The van der Waals surface area contributed by atoms with Crippen LogP contribution in [0.5, 0.6) is 0 Å². The van der Waals surface area contributed by atoms with Crippen molar-refractivity contribution in [3.63, 3.8) is 0 Å². The van der Waals surface area contributed by atoms with Crippen LogP contribution >= 0.6 is 0 Å². The van der Waals surface area contributed by atoms with Crippen LogP contribution in [0.2, 0.25) is 0 Å². The van der Waals surface area contributed by atoms with Crippen LogP contribution in [0.3, 0.4) is 0 Å². The highest BCUT2D eigenvalue weighted by Gasteiger charge is 2.32. The Morgan fingerprint density at radius 2 is 1.88 bits per heavy atom. The number of pyridine rings is 1. The molecule has 4 rings (SSSR count). The predicted molar refractivity (Wildman–Crippen MR) is 81.5 cm³/mol. The van der Waals surface area contributed by atoms with Gasteiger partial charge < -0.3 is 10.2 Å². The summed E-state index contributed by atoms with van der Waals surface area (Å²) in [6, 6.07) is 7.80. The van der Waals surface area contributed by atoms with E-state index in [2.05, 4.69) is 15.5 Å². The molecule has 3 heterocycles. The first kappa shape index (κ1) is 13.9. The zero-order valence-corrected chi connectivity index (χ0v) is 12.0. The number of rotatable bonds is 2. The molecular formula is C15H9N5O4. The number of imide groups is 1. The molecule has 0 radical (unpaired) electrons. The van der Waals surface area contributed by atoms with E-state index in [9.17, 15) is 14.4 Å². The molecule has 0 fully saturated rings.